The van der Waals surface area contributed by atoms with E-state index in [4.69, 9.17) is 0 Å². The van der Waals surface area contributed by atoms with Crippen LogP contribution in [0.25, 0.3) is 0 Å². The molecule has 1 saturated heterocycles. The van der Waals surface area contributed by atoms with E-state index in [2.05, 4.69) is 24.1 Å². The first-order valence-corrected chi connectivity index (χ1v) is 13.2. The minimum absolute atomic E-state index is 0.194. The van der Waals surface area contributed by atoms with Gasteiger partial charge in [-0.25, -0.2) is 17.8 Å². The lowest BCUT2D eigenvalue weighted by Gasteiger charge is -2.31. The normalized spacial score (nSPS) is 16.4. The number of benzene rings is 2. The van der Waals surface area contributed by atoms with Gasteiger partial charge in [0.1, 0.15) is 17.7 Å². The predicted octanol–water partition coefficient (Wildman–Crippen LogP) is 3.99. The molecular formula is C26H31FN4O3S. The van der Waals surface area contributed by atoms with Crippen molar-refractivity contribution >= 4 is 15.9 Å². The molecule has 0 unspecified atom stereocenters. The summed E-state index contributed by atoms with van der Waals surface area (Å²) in [6.07, 6.45) is 4.22. The maximum Gasteiger partial charge on any atom is 0.243 e. The molecule has 3 aromatic rings. The molecule has 1 aliphatic rings. The van der Waals surface area contributed by atoms with Crippen LogP contribution >= 0.6 is 0 Å². The Bertz CT molecular complexity index is 1280. The van der Waals surface area contributed by atoms with Gasteiger partial charge in [-0.15, -0.1) is 0 Å². The van der Waals surface area contributed by atoms with Gasteiger partial charge < -0.3 is 9.88 Å². The van der Waals surface area contributed by atoms with Gasteiger partial charge in [0.15, 0.2) is 0 Å². The first-order valence-electron chi connectivity index (χ1n) is 11.8. The van der Waals surface area contributed by atoms with Gasteiger partial charge in [-0.1, -0.05) is 38.1 Å². The number of hydrogen-bond donors (Lipinski definition) is 1. The van der Waals surface area contributed by atoms with Gasteiger partial charge in [0.2, 0.25) is 15.9 Å². The summed E-state index contributed by atoms with van der Waals surface area (Å²) in [5, 5.41) is 3.02. The third-order valence-corrected chi connectivity index (χ3v) is 8.51. The Balaban J connectivity index is 1.44. The number of nitrogens with one attached hydrogen (secondary N) is 1. The molecule has 1 amide bonds. The Labute approximate surface area is 206 Å². The van der Waals surface area contributed by atoms with Crippen LogP contribution in [0.15, 0.2) is 65.8 Å². The zero-order chi connectivity index (χ0) is 25.2. The summed E-state index contributed by atoms with van der Waals surface area (Å²) in [5.41, 5.74) is 1.68. The average Bonchev–Trinajstić information content (AvgIpc) is 3.28. The van der Waals surface area contributed by atoms with Gasteiger partial charge >= 0.3 is 0 Å². The first-order chi connectivity index (χ1) is 16.7. The van der Waals surface area contributed by atoms with E-state index >= 15 is 0 Å². The topological polar surface area (TPSA) is 84.3 Å². The fraction of sp³-hybridized carbons (Fsp3) is 0.385. The fourth-order valence-corrected chi connectivity index (χ4v) is 5.90. The lowest BCUT2D eigenvalue weighted by molar-refractivity contribution is -0.126. The Hall–Kier alpha value is -3.04. The molecule has 0 aliphatic carbocycles. The highest BCUT2D eigenvalue weighted by atomic mass is 32.2. The van der Waals surface area contributed by atoms with Gasteiger partial charge in [-0.2, -0.15) is 4.31 Å². The number of hydrogen-bond acceptors (Lipinski definition) is 4. The van der Waals surface area contributed by atoms with Gasteiger partial charge in [-0.3, -0.25) is 4.79 Å². The fourth-order valence-electron chi connectivity index (χ4n) is 4.43. The molecule has 9 heteroatoms. The molecule has 186 valence electrons. The largest absolute Gasteiger partial charge is 0.342 e. The number of aromatic nitrogens is 2. The second kappa shape index (κ2) is 10.3. The maximum absolute atomic E-state index is 13.9. The SMILES string of the molecule is CC(C)c1ccc(S(=O)(=O)N2CCC(C(=O)N[C@@H](c3cccc(F)c3)c3nccn3C)CC2)cc1. The number of nitrogens with zero attached hydrogens (tertiary/aromatic N) is 3. The number of halogens is 1. The van der Waals surface area contributed by atoms with Crippen molar-refractivity contribution in [3.05, 3.63) is 83.7 Å². The van der Waals surface area contributed by atoms with Crippen LogP contribution in [0, 0.1) is 11.7 Å². The number of carbonyl (C=O) groups excluding carboxylic acids is 1. The minimum Gasteiger partial charge on any atom is -0.342 e. The summed E-state index contributed by atoms with van der Waals surface area (Å²) in [6, 6.07) is 12.5. The Morgan fingerprint density at radius 3 is 2.34 bits per heavy atom. The van der Waals surface area contributed by atoms with Crippen molar-refractivity contribution < 1.29 is 17.6 Å². The smallest absolute Gasteiger partial charge is 0.243 e. The van der Waals surface area contributed by atoms with Crippen LogP contribution in [-0.4, -0.2) is 41.3 Å². The van der Waals surface area contributed by atoms with E-state index < -0.39 is 21.9 Å². The van der Waals surface area contributed by atoms with Crippen molar-refractivity contribution in [2.45, 2.75) is 43.5 Å². The summed E-state index contributed by atoms with van der Waals surface area (Å²) in [6.45, 7) is 4.65. The van der Waals surface area contributed by atoms with Crippen LogP contribution in [0.1, 0.15) is 55.6 Å². The van der Waals surface area contributed by atoms with Crippen molar-refractivity contribution in [1.82, 2.24) is 19.2 Å². The van der Waals surface area contributed by atoms with Crippen LogP contribution in [0.5, 0.6) is 0 Å². The molecule has 1 fully saturated rings. The zero-order valence-electron chi connectivity index (χ0n) is 20.2. The molecule has 2 aromatic carbocycles. The molecule has 7 nitrogen and oxygen atoms in total. The molecule has 0 radical (unpaired) electrons. The summed E-state index contributed by atoms with van der Waals surface area (Å²) < 4.78 is 43.4. The number of amides is 1. The van der Waals surface area contributed by atoms with E-state index in [0.717, 1.165) is 5.56 Å². The molecule has 0 bridgehead atoms. The minimum atomic E-state index is -3.62. The van der Waals surface area contributed by atoms with Crippen LogP contribution < -0.4 is 5.32 Å². The summed E-state index contributed by atoms with van der Waals surface area (Å²) in [7, 11) is -1.80. The lowest BCUT2D eigenvalue weighted by atomic mass is 9.96. The standard InChI is InChI=1S/C26H31FN4O3S/c1-18(2)19-7-9-23(10-8-19)35(33,34)31-14-11-20(12-15-31)26(32)29-24(25-28-13-16-30(25)3)21-5-4-6-22(27)17-21/h4-10,13,16-18,20,24H,11-12,14-15H2,1-3H3,(H,29,32)/t24-/m0/s1. The van der Waals surface area contributed by atoms with E-state index in [1.165, 1.54) is 16.4 Å². The molecule has 0 spiro atoms. The monoisotopic (exact) mass is 498 g/mol. The van der Waals surface area contributed by atoms with Crippen LogP contribution in [0.2, 0.25) is 0 Å². The number of sulfonamides is 1. The van der Waals surface area contributed by atoms with Crippen molar-refractivity contribution in [2.24, 2.45) is 13.0 Å². The highest BCUT2D eigenvalue weighted by molar-refractivity contribution is 7.89. The number of imidazole rings is 1. The van der Waals surface area contributed by atoms with Gasteiger partial charge in [0, 0.05) is 38.4 Å². The Kier molecular flexibility index (Phi) is 7.37. The molecule has 1 atom stereocenters. The summed E-state index contributed by atoms with van der Waals surface area (Å²) >= 11 is 0. The van der Waals surface area contributed by atoms with E-state index in [0.29, 0.717) is 30.1 Å². The molecule has 35 heavy (non-hydrogen) atoms. The van der Waals surface area contributed by atoms with Crippen LogP contribution in [-0.2, 0) is 21.9 Å². The van der Waals surface area contributed by atoms with Crippen molar-refractivity contribution in [2.75, 3.05) is 13.1 Å². The van der Waals surface area contributed by atoms with Gasteiger partial charge in [0.05, 0.1) is 4.90 Å². The second-order valence-corrected chi connectivity index (χ2v) is 11.2. The number of rotatable bonds is 7. The van der Waals surface area contributed by atoms with Gasteiger partial charge in [-0.05, 0) is 54.2 Å². The average molecular weight is 499 g/mol. The number of aryl methyl sites for hydroxylation is 1. The number of piperidine rings is 1. The Morgan fingerprint density at radius 1 is 1.09 bits per heavy atom. The van der Waals surface area contributed by atoms with Crippen molar-refractivity contribution in [1.29, 1.82) is 0 Å². The summed E-state index contributed by atoms with van der Waals surface area (Å²) in [5.74, 6) is -0.0191. The predicted molar refractivity (Wildman–Crippen MR) is 132 cm³/mol. The van der Waals surface area contributed by atoms with E-state index in [9.17, 15) is 17.6 Å². The van der Waals surface area contributed by atoms with Crippen molar-refractivity contribution in [3.63, 3.8) is 0 Å². The zero-order valence-corrected chi connectivity index (χ0v) is 21.0. The van der Waals surface area contributed by atoms with Gasteiger partial charge in [0.25, 0.3) is 0 Å². The second-order valence-electron chi connectivity index (χ2n) is 9.30. The third kappa shape index (κ3) is 5.46. The van der Waals surface area contributed by atoms with Crippen molar-refractivity contribution in [3.8, 4) is 0 Å². The summed E-state index contributed by atoms with van der Waals surface area (Å²) in [4.78, 5) is 17.8. The first kappa shape index (κ1) is 25.1. The molecule has 1 aromatic heterocycles. The highest BCUT2D eigenvalue weighted by Gasteiger charge is 2.33. The molecular weight excluding hydrogens is 467 g/mol. The molecule has 1 aliphatic heterocycles. The van der Waals surface area contributed by atoms with Crippen LogP contribution in [0.3, 0.4) is 0 Å². The molecule has 0 saturated carbocycles. The van der Waals surface area contributed by atoms with E-state index in [-0.39, 0.29) is 29.8 Å². The molecule has 2 heterocycles. The Morgan fingerprint density at radius 2 is 1.77 bits per heavy atom. The van der Waals surface area contributed by atoms with E-state index in [1.807, 2.05) is 19.2 Å². The highest BCUT2D eigenvalue weighted by Crippen LogP contribution is 2.27. The quantitative estimate of drug-likeness (QED) is 0.534. The molecule has 4 rings (SSSR count). The van der Waals surface area contributed by atoms with Crippen LogP contribution in [0.4, 0.5) is 4.39 Å². The molecule has 1 N–H and O–H groups in total. The van der Waals surface area contributed by atoms with E-state index in [1.54, 1.807) is 41.2 Å². The maximum atomic E-state index is 13.9. The number of carbonyl (C=O) groups is 1. The lowest BCUT2D eigenvalue weighted by Crippen LogP contribution is -2.44. The third-order valence-electron chi connectivity index (χ3n) is 6.59.